The van der Waals surface area contributed by atoms with Crippen molar-refractivity contribution in [3.05, 3.63) is 35.9 Å². The number of hydrogen-bond acceptors (Lipinski definition) is 3. The number of rotatable bonds is 7. The molecule has 1 aromatic rings. The van der Waals surface area contributed by atoms with E-state index in [9.17, 15) is 4.79 Å². The van der Waals surface area contributed by atoms with Crippen molar-refractivity contribution in [2.45, 2.75) is 52.1 Å². The number of nitrogens with zero attached hydrogens (tertiary/aromatic N) is 1. The molecule has 0 amide bonds. The quantitative estimate of drug-likeness (QED) is 0.718. The lowest BCUT2D eigenvalue weighted by Gasteiger charge is -2.22. The number of carbonyl (C=O) groups is 1. The highest BCUT2D eigenvalue weighted by Crippen LogP contribution is 2.29. The second-order valence-electron chi connectivity index (χ2n) is 5.93. The van der Waals surface area contributed by atoms with Crippen LogP contribution in [0, 0.1) is 5.92 Å². The minimum Gasteiger partial charge on any atom is -0.465 e. The van der Waals surface area contributed by atoms with E-state index in [4.69, 9.17) is 4.74 Å². The Morgan fingerprint density at radius 2 is 2.05 bits per heavy atom. The van der Waals surface area contributed by atoms with E-state index in [1.165, 1.54) is 24.8 Å². The van der Waals surface area contributed by atoms with Crippen LogP contribution in [0.4, 0.5) is 0 Å². The Morgan fingerprint density at radius 1 is 1.29 bits per heavy atom. The van der Waals surface area contributed by atoms with Crippen LogP contribution in [-0.4, -0.2) is 30.1 Å². The molecular weight excluding hydrogens is 262 g/mol. The minimum absolute atomic E-state index is 0.0487. The maximum Gasteiger partial charge on any atom is 0.323 e. The van der Waals surface area contributed by atoms with E-state index in [0.29, 0.717) is 12.5 Å². The van der Waals surface area contributed by atoms with E-state index >= 15 is 0 Å². The van der Waals surface area contributed by atoms with Gasteiger partial charge in [0.25, 0.3) is 0 Å². The van der Waals surface area contributed by atoms with Crippen molar-refractivity contribution in [3.63, 3.8) is 0 Å². The first kappa shape index (κ1) is 16.0. The summed E-state index contributed by atoms with van der Waals surface area (Å²) >= 11 is 0. The molecule has 0 radical (unpaired) electrons. The van der Waals surface area contributed by atoms with Gasteiger partial charge in [0.15, 0.2) is 0 Å². The van der Waals surface area contributed by atoms with Crippen molar-refractivity contribution in [1.82, 2.24) is 4.90 Å². The maximum absolute atomic E-state index is 12.2. The van der Waals surface area contributed by atoms with Crippen LogP contribution in [0.3, 0.4) is 0 Å². The Kier molecular flexibility index (Phi) is 6.24. The highest BCUT2D eigenvalue weighted by atomic mass is 16.5. The molecule has 0 spiro atoms. The molecule has 21 heavy (non-hydrogen) atoms. The van der Waals surface area contributed by atoms with Gasteiger partial charge >= 0.3 is 5.97 Å². The van der Waals surface area contributed by atoms with E-state index in [2.05, 4.69) is 36.1 Å². The summed E-state index contributed by atoms with van der Waals surface area (Å²) in [5.74, 6) is 0.579. The first-order valence-corrected chi connectivity index (χ1v) is 8.19. The molecule has 3 nitrogen and oxygen atoms in total. The Bertz CT molecular complexity index is 432. The van der Waals surface area contributed by atoms with Gasteiger partial charge in [-0.25, -0.2) is 0 Å². The molecule has 1 fully saturated rings. The van der Waals surface area contributed by atoms with Gasteiger partial charge in [-0.15, -0.1) is 0 Å². The molecule has 116 valence electrons. The number of benzene rings is 1. The average Bonchev–Trinajstić information content (AvgIpc) is 2.89. The van der Waals surface area contributed by atoms with Crippen molar-refractivity contribution in [2.24, 2.45) is 5.92 Å². The number of hydrogen-bond donors (Lipinski definition) is 0. The Balaban J connectivity index is 2.01. The van der Waals surface area contributed by atoms with Crippen LogP contribution in [0.1, 0.15) is 45.1 Å². The summed E-state index contributed by atoms with van der Waals surface area (Å²) in [6.45, 7) is 6.42. The zero-order valence-corrected chi connectivity index (χ0v) is 13.3. The summed E-state index contributed by atoms with van der Waals surface area (Å²) in [6.07, 6.45) is 4.64. The standard InChI is InChI=1S/C18H27NO2/c1-3-5-9-16-12-17(18(20)21-4-2)19(14-16)13-15-10-7-6-8-11-15/h6-8,10-11,16-17H,3-5,9,12-14H2,1-2H3/t16-,17-/m0/s1. The van der Waals surface area contributed by atoms with Crippen LogP contribution in [-0.2, 0) is 16.1 Å². The molecule has 1 aliphatic heterocycles. The lowest BCUT2D eigenvalue weighted by molar-refractivity contribution is -0.148. The lowest BCUT2D eigenvalue weighted by atomic mass is 9.99. The van der Waals surface area contributed by atoms with Gasteiger partial charge in [-0.2, -0.15) is 0 Å². The van der Waals surface area contributed by atoms with Gasteiger partial charge in [-0.05, 0) is 31.2 Å². The molecule has 0 unspecified atom stereocenters. The molecule has 0 aromatic heterocycles. The number of likely N-dealkylation sites (tertiary alicyclic amines) is 1. The summed E-state index contributed by atoms with van der Waals surface area (Å²) < 4.78 is 5.27. The first-order valence-electron chi connectivity index (χ1n) is 8.19. The fraction of sp³-hybridized carbons (Fsp3) is 0.611. The van der Waals surface area contributed by atoms with Crippen LogP contribution in [0.25, 0.3) is 0 Å². The van der Waals surface area contributed by atoms with Gasteiger partial charge in [0.2, 0.25) is 0 Å². The van der Waals surface area contributed by atoms with Crippen molar-refractivity contribution in [1.29, 1.82) is 0 Å². The Labute approximate surface area is 128 Å². The van der Waals surface area contributed by atoms with E-state index < -0.39 is 0 Å². The minimum atomic E-state index is -0.0630. The van der Waals surface area contributed by atoms with Crippen LogP contribution in [0.15, 0.2) is 30.3 Å². The summed E-state index contributed by atoms with van der Waals surface area (Å²) in [5.41, 5.74) is 1.27. The van der Waals surface area contributed by atoms with Crippen molar-refractivity contribution in [3.8, 4) is 0 Å². The van der Waals surface area contributed by atoms with E-state index in [-0.39, 0.29) is 12.0 Å². The highest BCUT2D eigenvalue weighted by Gasteiger charge is 2.37. The summed E-state index contributed by atoms with van der Waals surface area (Å²) in [7, 11) is 0. The summed E-state index contributed by atoms with van der Waals surface area (Å²) in [6, 6.07) is 10.3. The molecule has 1 aliphatic rings. The van der Waals surface area contributed by atoms with Gasteiger partial charge in [-0.3, -0.25) is 9.69 Å². The molecule has 0 aliphatic carbocycles. The third-order valence-electron chi connectivity index (χ3n) is 4.24. The van der Waals surface area contributed by atoms with E-state index in [1.54, 1.807) is 0 Å². The van der Waals surface area contributed by atoms with Gasteiger partial charge in [-0.1, -0.05) is 50.1 Å². The number of unbranched alkanes of at least 4 members (excludes halogenated alkanes) is 1. The predicted octanol–water partition coefficient (Wildman–Crippen LogP) is 3.63. The lowest BCUT2D eigenvalue weighted by Crippen LogP contribution is -2.36. The van der Waals surface area contributed by atoms with Gasteiger partial charge in [0, 0.05) is 13.1 Å². The number of esters is 1. The SMILES string of the molecule is CCCC[C@H]1C[C@@H](C(=O)OCC)N(Cc2ccccc2)C1. The molecule has 2 rings (SSSR count). The monoisotopic (exact) mass is 289 g/mol. The Hall–Kier alpha value is -1.35. The third-order valence-corrected chi connectivity index (χ3v) is 4.24. The van der Waals surface area contributed by atoms with Gasteiger partial charge in [0.05, 0.1) is 6.61 Å². The van der Waals surface area contributed by atoms with Crippen molar-refractivity contribution >= 4 is 5.97 Å². The topological polar surface area (TPSA) is 29.5 Å². The smallest absolute Gasteiger partial charge is 0.323 e. The zero-order valence-electron chi connectivity index (χ0n) is 13.3. The summed E-state index contributed by atoms with van der Waals surface area (Å²) in [5, 5.41) is 0. The summed E-state index contributed by atoms with van der Waals surface area (Å²) in [4.78, 5) is 14.5. The fourth-order valence-electron chi connectivity index (χ4n) is 3.18. The molecule has 0 bridgehead atoms. The van der Waals surface area contributed by atoms with Crippen LogP contribution in [0.5, 0.6) is 0 Å². The van der Waals surface area contributed by atoms with Crippen molar-refractivity contribution in [2.75, 3.05) is 13.2 Å². The number of carbonyl (C=O) groups excluding carboxylic acids is 1. The normalized spacial score (nSPS) is 22.4. The highest BCUT2D eigenvalue weighted by molar-refractivity contribution is 5.76. The average molecular weight is 289 g/mol. The van der Waals surface area contributed by atoms with Crippen LogP contribution >= 0.6 is 0 Å². The fourth-order valence-corrected chi connectivity index (χ4v) is 3.18. The molecule has 2 atom stereocenters. The van der Waals surface area contributed by atoms with Crippen LogP contribution in [0.2, 0.25) is 0 Å². The zero-order chi connectivity index (χ0) is 15.1. The Morgan fingerprint density at radius 3 is 2.71 bits per heavy atom. The molecule has 1 heterocycles. The second kappa shape index (κ2) is 8.18. The molecular formula is C18H27NO2. The molecule has 1 saturated heterocycles. The van der Waals surface area contributed by atoms with Crippen LogP contribution < -0.4 is 0 Å². The van der Waals surface area contributed by atoms with E-state index in [0.717, 1.165) is 19.5 Å². The first-order chi connectivity index (χ1) is 10.2. The van der Waals surface area contributed by atoms with Gasteiger partial charge < -0.3 is 4.74 Å². The molecule has 0 N–H and O–H groups in total. The molecule has 1 aromatic carbocycles. The third kappa shape index (κ3) is 4.57. The second-order valence-corrected chi connectivity index (χ2v) is 5.93. The van der Waals surface area contributed by atoms with E-state index in [1.807, 2.05) is 13.0 Å². The maximum atomic E-state index is 12.2. The predicted molar refractivity (Wildman–Crippen MR) is 84.9 cm³/mol. The van der Waals surface area contributed by atoms with Gasteiger partial charge in [0.1, 0.15) is 6.04 Å². The largest absolute Gasteiger partial charge is 0.465 e. The number of ether oxygens (including phenoxy) is 1. The van der Waals surface area contributed by atoms with Crippen molar-refractivity contribution < 1.29 is 9.53 Å². The molecule has 0 saturated carbocycles. The molecule has 3 heteroatoms.